The van der Waals surface area contributed by atoms with E-state index in [4.69, 9.17) is 10.1 Å². The zero-order valence-corrected chi connectivity index (χ0v) is 6.98. The zero-order valence-electron chi connectivity index (χ0n) is 6.98. The normalized spacial score (nSPS) is 9.50. The molecule has 3 nitrogen and oxygen atoms in total. The van der Waals surface area contributed by atoms with Crippen molar-refractivity contribution in [2.75, 3.05) is 27.3 Å². The Kier molecular flexibility index (Phi) is 4.94. The quantitative estimate of drug-likeness (QED) is 0.362. The molecule has 0 aromatic carbocycles. The first-order valence-corrected chi connectivity index (χ1v) is 3.51. The largest absolute Gasteiger partial charge is 0.374 e. The first kappa shape index (κ1) is 9.43. The number of nitrogens with one attached hydrogen (secondary N) is 1. The lowest BCUT2D eigenvalue weighted by Crippen LogP contribution is -2.25. The summed E-state index contributed by atoms with van der Waals surface area (Å²) < 4.78 is 5.14. The van der Waals surface area contributed by atoms with Gasteiger partial charge in [0.15, 0.2) is 0 Å². The number of ether oxygens (including phenoxy) is 1. The van der Waals surface area contributed by atoms with Crippen LogP contribution < -0.4 is 0 Å². The molecule has 0 atom stereocenters. The average Bonchev–Trinajstić information content (AvgIpc) is 1.88. The summed E-state index contributed by atoms with van der Waals surface area (Å²) in [6.45, 7) is 3.23. The van der Waals surface area contributed by atoms with Crippen LogP contribution in [0.4, 0.5) is 0 Å². The second kappa shape index (κ2) is 5.23. The van der Waals surface area contributed by atoms with Crippen LogP contribution in [0.2, 0.25) is 0 Å². The fourth-order valence-corrected chi connectivity index (χ4v) is 0.442. The number of nitrogens with zero attached hydrogens (tertiary/aromatic N) is 1. The Labute approximate surface area is 62.5 Å². The van der Waals surface area contributed by atoms with Crippen molar-refractivity contribution in [1.82, 2.24) is 4.90 Å². The average molecular weight is 144 g/mol. The lowest BCUT2D eigenvalue weighted by atomic mass is 10.5. The second-order valence-electron chi connectivity index (χ2n) is 2.39. The SMILES string of the molecule is CCCOCC(=N)N(C)C. The van der Waals surface area contributed by atoms with Gasteiger partial charge in [-0.1, -0.05) is 6.92 Å². The standard InChI is InChI=1S/C7H16N2O/c1-4-5-10-6-7(8)9(2)3/h8H,4-6H2,1-3H3. The van der Waals surface area contributed by atoms with Crippen LogP contribution in [0.1, 0.15) is 13.3 Å². The van der Waals surface area contributed by atoms with E-state index >= 15 is 0 Å². The maximum atomic E-state index is 7.32. The van der Waals surface area contributed by atoms with E-state index in [2.05, 4.69) is 6.92 Å². The van der Waals surface area contributed by atoms with Gasteiger partial charge >= 0.3 is 0 Å². The van der Waals surface area contributed by atoms with Crippen molar-refractivity contribution >= 4 is 5.84 Å². The van der Waals surface area contributed by atoms with Gasteiger partial charge in [-0.3, -0.25) is 5.41 Å². The fraction of sp³-hybridized carbons (Fsp3) is 0.857. The van der Waals surface area contributed by atoms with Crippen LogP contribution in [-0.4, -0.2) is 38.0 Å². The number of amidine groups is 1. The van der Waals surface area contributed by atoms with E-state index in [9.17, 15) is 0 Å². The van der Waals surface area contributed by atoms with Gasteiger partial charge in [0.25, 0.3) is 0 Å². The summed E-state index contributed by atoms with van der Waals surface area (Å²) in [4.78, 5) is 1.75. The van der Waals surface area contributed by atoms with Gasteiger partial charge in [0, 0.05) is 20.7 Å². The highest BCUT2D eigenvalue weighted by Crippen LogP contribution is 1.84. The first-order valence-electron chi connectivity index (χ1n) is 3.51. The van der Waals surface area contributed by atoms with Crippen LogP contribution in [0, 0.1) is 5.41 Å². The van der Waals surface area contributed by atoms with Crippen molar-refractivity contribution in [3.63, 3.8) is 0 Å². The fourth-order valence-electron chi connectivity index (χ4n) is 0.442. The molecule has 10 heavy (non-hydrogen) atoms. The molecule has 0 unspecified atom stereocenters. The van der Waals surface area contributed by atoms with Crippen molar-refractivity contribution in [3.05, 3.63) is 0 Å². The summed E-state index contributed by atoms with van der Waals surface area (Å²) in [5.74, 6) is 0.522. The minimum atomic E-state index is 0.431. The number of hydrogen-bond donors (Lipinski definition) is 1. The predicted octanol–water partition coefficient (Wildman–Crippen LogP) is 0.952. The molecule has 0 aliphatic heterocycles. The van der Waals surface area contributed by atoms with E-state index in [-0.39, 0.29) is 0 Å². The maximum Gasteiger partial charge on any atom is 0.122 e. The molecular formula is C7H16N2O. The third-order valence-corrected chi connectivity index (χ3v) is 1.13. The Morgan fingerprint density at radius 1 is 1.50 bits per heavy atom. The van der Waals surface area contributed by atoms with Crippen LogP contribution in [0.5, 0.6) is 0 Å². The van der Waals surface area contributed by atoms with Gasteiger partial charge in [0.1, 0.15) is 12.4 Å². The topological polar surface area (TPSA) is 36.3 Å². The van der Waals surface area contributed by atoms with Crippen LogP contribution in [0.15, 0.2) is 0 Å². The molecule has 0 bridgehead atoms. The summed E-state index contributed by atoms with van der Waals surface area (Å²) in [5.41, 5.74) is 0. The summed E-state index contributed by atoms with van der Waals surface area (Å²) in [7, 11) is 3.69. The molecular weight excluding hydrogens is 128 g/mol. The van der Waals surface area contributed by atoms with Crippen LogP contribution >= 0.6 is 0 Å². The van der Waals surface area contributed by atoms with Crippen molar-refractivity contribution < 1.29 is 4.74 Å². The monoisotopic (exact) mass is 144 g/mol. The van der Waals surface area contributed by atoms with Gasteiger partial charge in [-0.15, -0.1) is 0 Å². The van der Waals surface area contributed by atoms with E-state index < -0.39 is 0 Å². The molecule has 0 heterocycles. The summed E-state index contributed by atoms with van der Waals surface area (Å²) in [5, 5.41) is 7.32. The Morgan fingerprint density at radius 3 is 2.50 bits per heavy atom. The molecule has 0 amide bonds. The first-order chi connectivity index (χ1) is 4.68. The maximum absolute atomic E-state index is 7.32. The molecule has 0 aromatic rings. The molecule has 0 saturated heterocycles. The molecule has 60 valence electrons. The molecule has 0 radical (unpaired) electrons. The lowest BCUT2D eigenvalue weighted by Gasteiger charge is -2.12. The van der Waals surface area contributed by atoms with Crippen LogP contribution in [0.3, 0.4) is 0 Å². The Bertz CT molecular complexity index is 102. The predicted molar refractivity (Wildman–Crippen MR) is 42.5 cm³/mol. The molecule has 0 aliphatic carbocycles. The smallest absolute Gasteiger partial charge is 0.122 e. The third kappa shape index (κ3) is 4.32. The second-order valence-corrected chi connectivity index (χ2v) is 2.39. The van der Waals surface area contributed by atoms with Crippen molar-refractivity contribution in [1.29, 1.82) is 5.41 Å². The van der Waals surface area contributed by atoms with Gasteiger partial charge in [0.2, 0.25) is 0 Å². The van der Waals surface area contributed by atoms with Crippen LogP contribution in [0.25, 0.3) is 0 Å². The zero-order chi connectivity index (χ0) is 7.98. The molecule has 0 fully saturated rings. The van der Waals surface area contributed by atoms with Gasteiger partial charge in [0.05, 0.1) is 0 Å². The summed E-state index contributed by atoms with van der Waals surface area (Å²) in [6, 6.07) is 0. The van der Waals surface area contributed by atoms with E-state index in [1.807, 2.05) is 14.1 Å². The van der Waals surface area contributed by atoms with Gasteiger partial charge in [-0.05, 0) is 6.42 Å². The van der Waals surface area contributed by atoms with Gasteiger partial charge in [-0.2, -0.15) is 0 Å². The van der Waals surface area contributed by atoms with E-state index in [1.165, 1.54) is 0 Å². The number of rotatable bonds is 4. The molecule has 0 saturated carbocycles. The Morgan fingerprint density at radius 2 is 2.10 bits per heavy atom. The van der Waals surface area contributed by atoms with Crippen LogP contribution in [-0.2, 0) is 4.74 Å². The minimum Gasteiger partial charge on any atom is -0.374 e. The molecule has 1 N–H and O–H groups in total. The van der Waals surface area contributed by atoms with Gasteiger partial charge < -0.3 is 9.64 Å². The Balaban J connectivity index is 3.22. The van der Waals surface area contributed by atoms with Crippen molar-refractivity contribution in [3.8, 4) is 0 Å². The number of likely N-dealkylation sites (N-methyl/N-ethyl adjacent to an activating group) is 1. The molecule has 0 aliphatic rings. The van der Waals surface area contributed by atoms with Crippen molar-refractivity contribution in [2.45, 2.75) is 13.3 Å². The Hall–Kier alpha value is -0.570. The van der Waals surface area contributed by atoms with E-state index in [0.29, 0.717) is 12.4 Å². The van der Waals surface area contributed by atoms with Crippen molar-refractivity contribution in [2.24, 2.45) is 0 Å². The lowest BCUT2D eigenvalue weighted by molar-refractivity contribution is 0.166. The summed E-state index contributed by atoms with van der Waals surface area (Å²) in [6.07, 6.45) is 1.01. The molecule has 0 rings (SSSR count). The highest BCUT2D eigenvalue weighted by molar-refractivity contribution is 5.79. The minimum absolute atomic E-state index is 0.431. The highest BCUT2D eigenvalue weighted by Gasteiger charge is 1.96. The van der Waals surface area contributed by atoms with Gasteiger partial charge in [-0.25, -0.2) is 0 Å². The molecule has 3 heteroatoms. The van der Waals surface area contributed by atoms with E-state index in [0.717, 1.165) is 13.0 Å². The highest BCUT2D eigenvalue weighted by atomic mass is 16.5. The van der Waals surface area contributed by atoms with E-state index in [1.54, 1.807) is 4.90 Å². The molecule has 0 spiro atoms. The summed E-state index contributed by atoms with van der Waals surface area (Å²) >= 11 is 0. The molecule has 0 aromatic heterocycles. The third-order valence-electron chi connectivity index (χ3n) is 1.13. The number of hydrogen-bond acceptors (Lipinski definition) is 2.